The summed E-state index contributed by atoms with van der Waals surface area (Å²) in [7, 11) is -2.32. The van der Waals surface area contributed by atoms with Gasteiger partial charge in [-0.05, 0) is 78.3 Å². The summed E-state index contributed by atoms with van der Waals surface area (Å²) in [4.78, 5) is 36.6. The van der Waals surface area contributed by atoms with Gasteiger partial charge in [-0.3, -0.25) is 14.5 Å². The molecule has 47 heavy (non-hydrogen) atoms. The van der Waals surface area contributed by atoms with Crippen molar-refractivity contribution in [3.8, 4) is 19.5 Å². The van der Waals surface area contributed by atoms with Crippen molar-refractivity contribution >= 4 is 69.5 Å². The average molecular weight is 694 g/mol. The molecule has 0 radical (unpaired) electrons. The topological polar surface area (TPSA) is 37.4 Å². The lowest BCUT2D eigenvalue weighted by Crippen LogP contribution is -2.65. The highest BCUT2D eigenvalue weighted by Crippen LogP contribution is 2.48. The minimum absolute atomic E-state index is 0.109. The van der Waals surface area contributed by atoms with Crippen molar-refractivity contribution in [1.82, 2.24) is 4.90 Å². The molecule has 5 aromatic rings. The molecule has 2 aromatic carbocycles. The Bertz CT molecular complexity index is 1920. The van der Waals surface area contributed by atoms with E-state index in [1.165, 1.54) is 67.2 Å². The van der Waals surface area contributed by atoms with Gasteiger partial charge in [-0.1, -0.05) is 100 Å². The molecule has 3 nitrogen and oxygen atoms in total. The van der Waals surface area contributed by atoms with Crippen LogP contribution < -0.4 is 15.6 Å². The van der Waals surface area contributed by atoms with E-state index >= 15 is 0 Å². The van der Waals surface area contributed by atoms with Crippen LogP contribution in [0.25, 0.3) is 19.5 Å². The fourth-order valence-corrected chi connectivity index (χ4v) is 18.6. The zero-order valence-electron chi connectivity index (χ0n) is 27.9. The van der Waals surface area contributed by atoms with Gasteiger partial charge in [0.1, 0.15) is 0 Å². The van der Waals surface area contributed by atoms with Gasteiger partial charge in [0.15, 0.2) is 8.07 Å². The molecule has 0 saturated carbocycles. The maximum absolute atomic E-state index is 14.0. The number of benzene rings is 2. The Hall–Kier alpha value is -3.10. The highest BCUT2D eigenvalue weighted by molar-refractivity contribution is 7.33. The van der Waals surface area contributed by atoms with E-state index in [9.17, 15) is 9.59 Å². The van der Waals surface area contributed by atoms with Gasteiger partial charge in [-0.15, -0.1) is 34.0 Å². The number of carbonyl (C=O) groups excluding carboxylic acids is 2. The van der Waals surface area contributed by atoms with Crippen LogP contribution in [0.5, 0.6) is 0 Å². The maximum Gasteiger partial charge on any atom is 0.263 e. The Balaban J connectivity index is 1.26. The van der Waals surface area contributed by atoms with Crippen molar-refractivity contribution in [1.29, 1.82) is 0 Å². The minimum Gasteiger partial charge on any atom is -0.274 e. The summed E-state index contributed by atoms with van der Waals surface area (Å²) in [5, 5.41) is 4.61. The molecule has 3 aromatic heterocycles. The second-order valence-electron chi connectivity index (χ2n) is 13.3. The van der Waals surface area contributed by atoms with E-state index in [2.05, 4.69) is 87.5 Å². The SMILES string of the molecule is CCCCC(CC)C[Si]1(c2ccccc2)c2cc(C)sc2-c2sc(-c3sc(C)c4c3C(=O)N(CCCCc3ccccc3)C4=O)cc21. The van der Waals surface area contributed by atoms with Crippen molar-refractivity contribution in [3.05, 3.63) is 99.2 Å². The van der Waals surface area contributed by atoms with Crippen LogP contribution in [-0.4, -0.2) is 31.3 Å². The van der Waals surface area contributed by atoms with E-state index in [0.717, 1.165) is 33.9 Å². The lowest BCUT2D eigenvalue weighted by Gasteiger charge is -2.33. The van der Waals surface area contributed by atoms with Gasteiger partial charge in [-0.2, -0.15) is 0 Å². The van der Waals surface area contributed by atoms with Crippen molar-refractivity contribution < 1.29 is 9.59 Å². The van der Waals surface area contributed by atoms with Gasteiger partial charge in [0, 0.05) is 30.9 Å². The summed E-state index contributed by atoms with van der Waals surface area (Å²) < 4.78 is 0. The van der Waals surface area contributed by atoms with E-state index in [4.69, 9.17) is 0 Å². The lowest BCUT2D eigenvalue weighted by molar-refractivity contribution is 0.0652. The number of hydrogen-bond acceptors (Lipinski definition) is 5. The predicted molar refractivity (Wildman–Crippen MR) is 204 cm³/mol. The third-order valence-electron chi connectivity index (χ3n) is 10.3. The Kier molecular flexibility index (Phi) is 9.27. The number of unbranched alkanes of at least 4 members (excludes halogenated alkanes) is 2. The number of hydrogen-bond donors (Lipinski definition) is 0. The Morgan fingerprint density at radius 3 is 2.15 bits per heavy atom. The first kappa shape index (κ1) is 32.4. The highest BCUT2D eigenvalue weighted by Gasteiger charge is 2.51. The molecule has 7 rings (SSSR count). The molecule has 0 saturated heterocycles. The number of amides is 2. The van der Waals surface area contributed by atoms with Crippen molar-refractivity contribution in [2.45, 2.75) is 78.7 Å². The summed E-state index contributed by atoms with van der Waals surface area (Å²) in [6, 6.07) is 28.0. The molecule has 242 valence electrons. The summed E-state index contributed by atoms with van der Waals surface area (Å²) in [6.07, 6.45) is 7.68. The first-order valence-corrected chi connectivity index (χ1v) is 21.9. The summed E-state index contributed by atoms with van der Waals surface area (Å²) in [5.74, 6) is 0.453. The molecule has 2 amide bonds. The molecule has 2 atom stereocenters. The summed E-state index contributed by atoms with van der Waals surface area (Å²) in [5.41, 5.74) is 2.57. The molecule has 2 aliphatic heterocycles. The molecule has 0 spiro atoms. The molecular weight excluding hydrogens is 651 g/mol. The van der Waals surface area contributed by atoms with Gasteiger partial charge >= 0.3 is 0 Å². The van der Waals surface area contributed by atoms with Crippen LogP contribution in [0.1, 0.15) is 88.4 Å². The highest BCUT2D eigenvalue weighted by atomic mass is 32.1. The van der Waals surface area contributed by atoms with Crippen molar-refractivity contribution in [2.24, 2.45) is 5.92 Å². The molecule has 0 bridgehead atoms. The van der Waals surface area contributed by atoms with Crippen LogP contribution in [0.3, 0.4) is 0 Å². The first-order valence-electron chi connectivity index (χ1n) is 17.2. The van der Waals surface area contributed by atoms with Gasteiger partial charge in [0.05, 0.1) is 16.0 Å². The Morgan fingerprint density at radius 2 is 1.43 bits per heavy atom. The van der Waals surface area contributed by atoms with Crippen LogP contribution in [0.2, 0.25) is 6.04 Å². The fraction of sp³-hybridized carbons (Fsp3) is 0.350. The molecule has 0 fully saturated rings. The minimum atomic E-state index is -2.32. The fourth-order valence-electron chi connectivity index (χ4n) is 7.87. The van der Waals surface area contributed by atoms with Crippen LogP contribution in [-0.2, 0) is 6.42 Å². The van der Waals surface area contributed by atoms with Crippen molar-refractivity contribution in [2.75, 3.05) is 6.54 Å². The zero-order chi connectivity index (χ0) is 32.7. The molecular formula is C40H43NO2S3Si. The number of carbonyl (C=O) groups is 2. The molecule has 7 heteroatoms. The molecule has 0 N–H and O–H groups in total. The van der Waals surface area contributed by atoms with E-state index < -0.39 is 8.07 Å². The Morgan fingerprint density at radius 1 is 0.745 bits per heavy atom. The van der Waals surface area contributed by atoms with Gasteiger partial charge < -0.3 is 0 Å². The van der Waals surface area contributed by atoms with Crippen LogP contribution in [0, 0.1) is 19.8 Å². The average Bonchev–Trinajstić information content (AvgIpc) is 3.87. The van der Waals surface area contributed by atoms with Crippen LogP contribution >= 0.6 is 34.0 Å². The third-order valence-corrected chi connectivity index (χ3v) is 19.4. The van der Waals surface area contributed by atoms with Gasteiger partial charge in [-0.25, -0.2) is 0 Å². The first-order chi connectivity index (χ1) is 22.9. The number of imide groups is 1. The molecule has 2 unspecified atom stereocenters. The predicted octanol–water partition coefficient (Wildman–Crippen LogP) is 9.44. The van der Waals surface area contributed by atoms with Crippen molar-refractivity contribution in [3.63, 3.8) is 0 Å². The number of nitrogens with zero attached hydrogens (tertiary/aromatic N) is 1. The number of thiophene rings is 3. The van der Waals surface area contributed by atoms with Crippen LogP contribution in [0.15, 0.2) is 72.8 Å². The number of aryl methyl sites for hydroxylation is 3. The normalized spacial score (nSPS) is 17.3. The molecule has 2 aliphatic rings. The smallest absolute Gasteiger partial charge is 0.263 e. The number of rotatable bonds is 13. The summed E-state index contributed by atoms with van der Waals surface area (Å²) >= 11 is 5.43. The van der Waals surface area contributed by atoms with Gasteiger partial charge in [0.2, 0.25) is 0 Å². The standard InChI is InChI=1S/C40H43NO2S3Si/c1-5-7-16-28(6-2)25-47(30-20-12-9-13-21-30)32-23-26(3)44-37(32)38-33(47)24-31(46-38)36-35-34(27(4)45-36)39(42)41(40(35)43)22-15-14-19-29-17-10-8-11-18-29/h8-13,17-18,20-21,23-24,28H,5-7,14-16,19,22,25H2,1-4H3. The third kappa shape index (κ3) is 5.63. The zero-order valence-corrected chi connectivity index (χ0v) is 31.3. The van der Waals surface area contributed by atoms with E-state index in [0.29, 0.717) is 23.6 Å². The lowest BCUT2D eigenvalue weighted by atomic mass is 10.0. The second-order valence-corrected chi connectivity index (χ2v) is 20.7. The molecule has 0 aliphatic carbocycles. The van der Waals surface area contributed by atoms with E-state index in [1.807, 2.05) is 35.7 Å². The summed E-state index contributed by atoms with van der Waals surface area (Å²) in [6.45, 7) is 9.42. The molecule has 5 heterocycles. The monoisotopic (exact) mass is 693 g/mol. The second kappa shape index (κ2) is 13.4. The van der Waals surface area contributed by atoms with Gasteiger partial charge in [0.25, 0.3) is 11.8 Å². The quantitative estimate of drug-likeness (QED) is 0.0700. The van der Waals surface area contributed by atoms with E-state index in [-0.39, 0.29) is 11.8 Å². The largest absolute Gasteiger partial charge is 0.274 e. The van der Waals surface area contributed by atoms with E-state index in [1.54, 1.807) is 16.5 Å². The maximum atomic E-state index is 14.0. The Labute approximate surface area is 292 Å². The van der Waals surface area contributed by atoms with Crippen LogP contribution in [0.4, 0.5) is 0 Å². The number of fused-ring (bicyclic) bond motifs is 4.